The third kappa shape index (κ3) is 5.27. The average molecular weight is 318 g/mol. The average Bonchev–Trinajstić information content (AvgIpc) is 2.42. The lowest BCUT2D eigenvalue weighted by Crippen LogP contribution is -2.55. The number of carbonyl (C=O) groups excluding carboxylic acids is 1. The van der Waals surface area contributed by atoms with Crippen molar-refractivity contribution in [2.75, 3.05) is 13.2 Å². The van der Waals surface area contributed by atoms with E-state index >= 15 is 0 Å². The molecule has 1 atom stereocenters. The number of rotatable bonds is 6. The molecule has 5 heteroatoms. The third-order valence-corrected chi connectivity index (χ3v) is 3.62. The minimum Gasteiger partial charge on any atom is -0.490 e. The predicted molar refractivity (Wildman–Crippen MR) is 89.6 cm³/mol. The van der Waals surface area contributed by atoms with Gasteiger partial charge in [-0.3, -0.25) is 4.98 Å². The lowest BCUT2D eigenvalue weighted by molar-refractivity contribution is -0.0141. The monoisotopic (exact) mass is 318 g/mol. The Kier molecular flexibility index (Phi) is 5.64. The van der Waals surface area contributed by atoms with Crippen molar-refractivity contribution < 1.29 is 14.3 Å². The molecular weight excluding hydrogens is 292 g/mol. The number of pyridine rings is 1. The molecule has 0 radical (unpaired) electrons. The molecule has 126 valence electrons. The highest BCUT2D eigenvalue weighted by molar-refractivity contribution is 5.69. The summed E-state index contributed by atoms with van der Waals surface area (Å²) in [5.41, 5.74) is 0.654. The van der Waals surface area contributed by atoms with Gasteiger partial charge in [-0.25, -0.2) is 4.79 Å². The van der Waals surface area contributed by atoms with Gasteiger partial charge in [0.25, 0.3) is 0 Å². The van der Waals surface area contributed by atoms with Crippen molar-refractivity contribution in [3.63, 3.8) is 0 Å². The normalized spacial score (nSPS) is 17.3. The molecule has 0 aliphatic carbocycles. The molecule has 23 heavy (non-hydrogen) atoms. The SMILES string of the molecule is C=CCCc1cncc(OCC2CCN2C(=O)OC(C)(C)C)c1. The van der Waals surface area contributed by atoms with E-state index in [0.29, 0.717) is 6.61 Å². The zero-order valence-corrected chi connectivity index (χ0v) is 14.2. The van der Waals surface area contributed by atoms with Gasteiger partial charge in [0.05, 0.1) is 12.2 Å². The number of aryl methyl sites for hydroxylation is 1. The van der Waals surface area contributed by atoms with Gasteiger partial charge in [0.15, 0.2) is 0 Å². The molecule has 0 saturated carbocycles. The molecule has 0 aromatic carbocycles. The van der Waals surface area contributed by atoms with Crippen molar-refractivity contribution >= 4 is 6.09 Å². The quantitative estimate of drug-likeness (QED) is 0.752. The molecular formula is C18H26N2O3. The Bertz CT molecular complexity index is 551. The summed E-state index contributed by atoms with van der Waals surface area (Å²) in [5, 5.41) is 0. The highest BCUT2D eigenvalue weighted by atomic mass is 16.6. The van der Waals surface area contributed by atoms with Crippen LogP contribution in [-0.2, 0) is 11.2 Å². The largest absolute Gasteiger partial charge is 0.490 e. The van der Waals surface area contributed by atoms with Gasteiger partial charge in [0, 0.05) is 12.7 Å². The summed E-state index contributed by atoms with van der Waals surface area (Å²) in [6.07, 6.45) is 7.92. The van der Waals surface area contributed by atoms with Gasteiger partial charge in [-0.05, 0) is 51.7 Å². The Balaban J connectivity index is 1.84. The maximum Gasteiger partial charge on any atom is 0.410 e. The number of hydrogen-bond acceptors (Lipinski definition) is 4. The highest BCUT2D eigenvalue weighted by Crippen LogP contribution is 2.22. The van der Waals surface area contributed by atoms with E-state index in [2.05, 4.69) is 11.6 Å². The first-order valence-electron chi connectivity index (χ1n) is 8.06. The van der Waals surface area contributed by atoms with Gasteiger partial charge in [0.2, 0.25) is 0 Å². The molecule has 1 aromatic rings. The van der Waals surface area contributed by atoms with Crippen LogP contribution >= 0.6 is 0 Å². The maximum atomic E-state index is 12.1. The standard InChI is InChI=1S/C18H26N2O3/c1-5-6-7-14-10-16(12-19-11-14)22-13-15-8-9-20(15)17(21)23-18(2,3)4/h5,10-12,15H,1,6-9,13H2,2-4H3. The van der Waals surface area contributed by atoms with Gasteiger partial charge >= 0.3 is 6.09 Å². The first-order chi connectivity index (χ1) is 10.9. The van der Waals surface area contributed by atoms with Crippen LogP contribution in [0.25, 0.3) is 0 Å². The molecule has 0 bridgehead atoms. The Morgan fingerprint density at radius 1 is 1.48 bits per heavy atom. The second kappa shape index (κ2) is 7.49. The number of hydrogen-bond donors (Lipinski definition) is 0. The fraction of sp³-hybridized carbons (Fsp3) is 0.556. The van der Waals surface area contributed by atoms with E-state index in [1.54, 1.807) is 11.1 Å². The Morgan fingerprint density at radius 2 is 2.26 bits per heavy atom. The topological polar surface area (TPSA) is 51.7 Å². The summed E-state index contributed by atoms with van der Waals surface area (Å²) in [7, 11) is 0. The Labute approximate surface area is 138 Å². The van der Waals surface area contributed by atoms with Crippen LogP contribution in [0.15, 0.2) is 31.1 Å². The van der Waals surface area contributed by atoms with Crippen molar-refractivity contribution in [2.45, 2.75) is 51.7 Å². The number of nitrogens with zero attached hydrogens (tertiary/aromatic N) is 2. The van der Waals surface area contributed by atoms with Gasteiger partial charge in [-0.15, -0.1) is 6.58 Å². The van der Waals surface area contributed by atoms with Crippen LogP contribution in [0.4, 0.5) is 4.79 Å². The van der Waals surface area contributed by atoms with Crippen molar-refractivity contribution in [2.24, 2.45) is 0 Å². The molecule has 1 fully saturated rings. The molecule has 2 rings (SSSR count). The smallest absolute Gasteiger partial charge is 0.410 e. The first-order valence-corrected chi connectivity index (χ1v) is 8.06. The number of carbonyl (C=O) groups is 1. The summed E-state index contributed by atoms with van der Waals surface area (Å²) in [6, 6.07) is 2.06. The van der Waals surface area contributed by atoms with Crippen LogP contribution < -0.4 is 4.74 Å². The summed E-state index contributed by atoms with van der Waals surface area (Å²) in [5.74, 6) is 0.739. The second-order valence-corrected chi connectivity index (χ2v) is 6.78. The van der Waals surface area contributed by atoms with Crippen molar-refractivity contribution in [3.05, 3.63) is 36.7 Å². The van der Waals surface area contributed by atoms with Crippen LogP contribution in [-0.4, -0.2) is 40.8 Å². The Morgan fingerprint density at radius 3 is 2.87 bits per heavy atom. The summed E-state index contributed by atoms with van der Waals surface area (Å²) >= 11 is 0. The molecule has 1 aliphatic rings. The van der Waals surface area contributed by atoms with E-state index in [1.807, 2.05) is 39.1 Å². The maximum absolute atomic E-state index is 12.1. The van der Waals surface area contributed by atoms with Crippen LogP contribution in [0, 0.1) is 0 Å². The van der Waals surface area contributed by atoms with Gasteiger partial charge in [-0.1, -0.05) is 6.08 Å². The molecule has 1 amide bonds. The van der Waals surface area contributed by atoms with E-state index < -0.39 is 5.60 Å². The molecule has 1 aliphatic heterocycles. The number of aromatic nitrogens is 1. The van der Waals surface area contributed by atoms with E-state index in [1.165, 1.54) is 0 Å². The van der Waals surface area contributed by atoms with Crippen molar-refractivity contribution in [1.82, 2.24) is 9.88 Å². The molecule has 5 nitrogen and oxygen atoms in total. The van der Waals surface area contributed by atoms with Gasteiger partial charge in [-0.2, -0.15) is 0 Å². The van der Waals surface area contributed by atoms with E-state index in [0.717, 1.165) is 37.1 Å². The lowest BCUT2D eigenvalue weighted by Gasteiger charge is -2.40. The number of ether oxygens (including phenoxy) is 2. The number of amides is 1. The number of likely N-dealkylation sites (tertiary alicyclic amines) is 1. The summed E-state index contributed by atoms with van der Waals surface area (Å²) in [6.45, 7) is 10.5. The van der Waals surface area contributed by atoms with Crippen LogP contribution in [0.5, 0.6) is 5.75 Å². The van der Waals surface area contributed by atoms with Crippen molar-refractivity contribution in [3.8, 4) is 5.75 Å². The second-order valence-electron chi connectivity index (χ2n) is 6.78. The molecule has 2 heterocycles. The lowest BCUT2D eigenvalue weighted by atomic mass is 10.1. The van der Waals surface area contributed by atoms with Crippen LogP contribution in [0.2, 0.25) is 0 Å². The van der Waals surface area contributed by atoms with Crippen LogP contribution in [0.1, 0.15) is 39.2 Å². The summed E-state index contributed by atoms with van der Waals surface area (Å²) in [4.78, 5) is 18.0. The fourth-order valence-electron chi connectivity index (χ4n) is 2.32. The summed E-state index contributed by atoms with van der Waals surface area (Å²) < 4.78 is 11.2. The van der Waals surface area contributed by atoms with Gasteiger partial charge < -0.3 is 14.4 Å². The molecule has 0 N–H and O–H groups in total. The highest BCUT2D eigenvalue weighted by Gasteiger charge is 2.35. The Hall–Kier alpha value is -2.04. The zero-order valence-electron chi connectivity index (χ0n) is 14.2. The third-order valence-electron chi connectivity index (χ3n) is 3.62. The predicted octanol–water partition coefficient (Wildman–Crippen LogP) is 3.59. The first kappa shape index (κ1) is 17.3. The fourth-order valence-corrected chi connectivity index (χ4v) is 2.32. The minimum absolute atomic E-state index is 0.0710. The van der Waals surface area contributed by atoms with Crippen LogP contribution in [0.3, 0.4) is 0 Å². The van der Waals surface area contributed by atoms with E-state index in [-0.39, 0.29) is 12.1 Å². The zero-order chi connectivity index (χ0) is 16.9. The number of allylic oxidation sites excluding steroid dienone is 1. The van der Waals surface area contributed by atoms with Gasteiger partial charge in [0.1, 0.15) is 18.0 Å². The molecule has 1 aromatic heterocycles. The molecule has 1 saturated heterocycles. The molecule has 0 spiro atoms. The minimum atomic E-state index is -0.471. The van der Waals surface area contributed by atoms with E-state index in [9.17, 15) is 4.79 Å². The van der Waals surface area contributed by atoms with Crippen molar-refractivity contribution in [1.29, 1.82) is 0 Å². The molecule has 1 unspecified atom stereocenters. The van der Waals surface area contributed by atoms with E-state index in [4.69, 9.17) is 9.47 Å².